The third kappa shape index (κ3) is 2.28. The average Bonchev–Trinajstić information content (AvgIpc) is 2.37. The normalized spacial score (nSPS) is 10.2. The van der Waals surface area contributed by atoms with E-state index in [0.717, 1.165) is 11.1 Å². The summed E-state index contributed by atoms with van der Waals surface area (Å²) in [5.41, 5.74) is 3.35. The van der Waals surface area contributed by atoms with E-state index in [1.54, 1.807) is 13.2 Å². The van der Waals surface area contributed by atoms with Crippen LogP contribution in [0.2, 0.25) is 0 Å². The van der Waals surface area contributed by atoms with Gasteiger partial charge in [0.15, 0.2) is 5.78 Å². The lowest BCUT2D eigenvalue weighted by atomic mass is 9.99. The van der Waals surface area contributed by atoms with Crippen molar-refractivity contribution in [3.63, 3.8) is 0 Å². The molecule has 0 aromatic heterocycles. The van der Waals surface area contributed by atoms with Crippen LogP contribution in [-0.4, -0.2) is 12.9 Å². The Labute approximate surface area is 107 Å². The van der Waals surface area contributed by atoms with Gasteiger partial charge in [-0.1, -0.05) is 35.9 Å². The van der Waals surface area contributed by atoms with Gasteiger partial charge in [-0.05, 0) is 31.5 Å². The van der Waals surface area contributed by atoms with Crippen LogP contribution >= 0.6 is 0 Å². The minimum Gasteiger partial charge on any atom is -0.496 e. The van der Waals surface area contributed by atoms with Crippen molar-refractivity contribution < 1.29 is 9.53 Å². The van der Waals surface area contributed by atoms with Gasteiger partial charge < -0.3 is 4.74 Å². The zero-order chi connectivity index (χ0) is 13.1. The third-order valence-corrected chi connectivity index (χ3v) is 2.94. The number of hydrogen-bond acceptors (Lipinski definition) is 2. The first-order valence-corrected chi connectivity index (χ1v) is 5.88. The topological polar surface area (TPSA) is 26.3 Å². The molecule has 92 valence electrons. The third-order valence-electron chi connectivity index (χ3n) is 2.94. The Kier molecular flexibility index (Phi) is 3.47. The van der Waals surface area contributed by atoms with E-state index in [2.05, 4.69) is 0 Å². The first-order chi connectivity index (χ1) is 8.63. The van der Waals surface area contributed by atoms with Crippen molar-refractivity contribution in [1.29, 1.82) is 0 Å². The molecule has 0 aliphatic rings. The van der Waals surface area contributed by atoms with E-state index in [0.29, 0.717) is 16.9 Å². The smallest absolute Gasteiger partial charge is 0.196 e. The number of para-hydroxylation sites is 1. The van der Waals surface area contributed by atoms with Crippen molar-refractivity contribution in [3.05, 3.63) is 64.7 Å². The Hall–Kier alpha value is -2.09. The molecule has 2 rings (SSSR count). The average molecular weight is 240 g/mol. The van der Waals surface area contributed by atoms with Gasteiger partial charge in [0.1, 0.15) is 5.75 Å². The van der Waals surface area contributed by atoms with Crippen LogP contribution in [0, 0.1) is 13.8 Å². The number of aryl methyl sites for hydroxylation is 2. The zero-order valence-corrected chi connectivity index (χ0v) is 10.9. The number of rotatable bonds is 3. The molecule has 0 heterocycles. The van der Waals surface area contributed by atoms with Crippen molar-refractivity contribution in [1.82, 2.24) is 0 Å². The van der Waals surface area contributed by atoms with Gasteiger partial charge in [-0.25, -0.2) is 0 Å². The molecule has 0 aliphatic carbocycles. The summed E-state index contributed by atoms with van der Waals surface area (Å²) in [7, 11) is 1.59. The molecule has 0 saturated carbocycles. The molecule has 0 bridgehead atoms. The fourth-order valence-corrected chi connectivity index (χ4v) is 2.04. The molecule has 0 atom stereocenters. The van der Waals surface area contributed by atoms with Crippen molar-refractivity contribution in [3.8, 4) is 5.75 Å². The maximum Gasteiger partial charge on any atom is 0.196 e. The summed E-state index contributed by atoms with van der Waals surface area (Å²) in [6.45, 7) is 3.91. The number of carbonyl (C=O) groups is 1. The van der Waals surface area contributed by atoms with Crippen molar-refractivity contribution in [2.45, 2.75) is 13.8 Å². The van der Waals surface area contributed by atoms with Gasteiger partial charge in [-0.2, -0.15) is 0 Å². The van der Waals surface area contributed by atoms with Crippen LogP contribution in [0.3, 0.4) is 0 Å². The monoisotopic (exact) mass is 240 g/mol. The van der Waals surface area contributed by atoms with E-state index < -0.39 is 0 Å². The molecule has 0 fully saturated rings. The molecule has 0 saturated heterocycles. The van der Waals surface area contributed by atoms with Gasteiger partial charge in [-0.3, -0.25) is 4.79 Å². The second-order valence-electron chi connectivity index (χ2n) is 4.35. The molecule has 0 N–H and O–H groups in total. The van der Waals surface area contributed by atoms with E-state index in [1.807, 2.05) is 50.2 Å². The van der Waals surface area contributed by atoms with E-state index in [-0.39, 0.29) is 5.78 Å². The number of carbonyl (C=O) groups excluding carboxylic acids is 1. The summed E-state index contributed by atoms with van der Waals surface area (Å²) in [5.74, 6) is 0.656. The first kappa shape index (κ1) is 12.4. The van der Waals surface area contributed by atoms with Crippen LogP contribution in [0.5, 0.6) is 5.75 Å². The van der Waals surface area contributed by atoms with E-state index in [4.69, 9.17) is 4.74 Å². The highest BCUT2D eigenvalue weighted by atomic mass is 16.5. The van der Waals surface area contributed by atoms with Gasteiger partial charge in [0, 0.05) is 5.56 Å². The van der Waals surface area contributed by atoms with Crippen molar-refractivity contribution >= 4 is 5.78 Å². The van der Waals surface area contributed by atoms with Crippen LogP contribution in [0.15, 0.2) is 42.5 Å². The van der Waals surface area contributed by atoms with Gasteiger partial charge in [0.2, 0.25) is 0 Å². The van der Waals surface area contributed by atoms with E-state index in [1.165, 1.54) is 0 Å². The molecule has 2 aromatic rings. The molecule has 2 nitrogen and oxygen atoms in total. The number of ketones is 1. The molecule has 2 aromatic carbocycles. The molecular formula is C16H16O2. The predicted molar refractivity (Wildman–Crippen MR) is 72.3 cm³/mol. The Morgan fingerprint density at radius 1 is 1.06 bits per heavy atom. The van der Waals surface area contributed by atoms with Crippen LogP contribution < -0.4 is 4.74 Å². The first-order valence-electron chi connectivity index (χ1n) is 5.88. The molecule has 0 radical (unpaired) electrons. The maximum absolute atomic E-state index is 12.5. The molecule has 0 unspecified atom stereocenters. The lowest BCUT2D eigenvalue weighted by Gasteiger charge is -2.10. The van der Waals surface area contributed by atoms with Gasteiger partial charge in [-0.15, -0.1) is 0 Å². The summed E-state index contributed by atoms with van der Waals surface area (Å²) in [5, 5.41) is 0. The summed E-state index contributed by atoms with van der Waals surface area (Å²) in [6.07, 6.45) is 0. The maximum atomic E-state index is 12.5. The lowest BCUT2D eigenvalue weighted by Crippen LogP contribution is -2.05. The fourth-order valence-electron chi connectivity index (χ4n) is 2.04. The Balaban J connectivity index is 2.49. The minimum absolute atomic E-state index is 0.000694. The number of hydrogen-bond donors (Lipinski definition) is 0. The van der Waals surface area contributed by atoms with Crippen LogP contribution in [-0.2, 0) is 0 Å². The summed E-state index contributed by atoms with van der Waals surface area (Å²) < 4.78 is 5.33. The summed E-state index contributed by atoms with van der Waals surface area (Å²) >= 11 is 0. The summed E-state index contributed by atoms with van der Waals surface area (Å²) in [4.78, 5) is 12.5. The fraction of sp³-hybridized carbons (Fsp3) is 0.188. The lowest BCUT2D eigenvalue weighted by molar-refractivity contribution is 0.103. The minimum atomic E-state index is -0.000694. The largest absolute Gasteiger partial charge is 0.496 e. The molecule has 2 heteroatoms. The molecular weight excluding hydrogens is 224 g/mol. The molecule has 0 aliphatic heterocycles. The highest BCUT2D eigenvalue weighted by Crippen LogP contribution is 2.25. The van der Waals surface area contributed by atoms with Gasteiger partial charge in [0.25, 0.3) is 0 Å². The SMILES string of the molecule is COc1c(C)cccc1C(=O)c1cccc(C)c1. The molecule has 0 amide bonds. The number of ether oxygens (including phenoxy) is 1. The quantitative estimate of drug-likeness (QED) is 0.767. The highest BCUT2D eigenvalue weighted by Gasteiger charge is 2.15. The van der Waals surface area contributed by atoms with Crippen molar-refractivity contribution in [2.24, 2.45) is 0 Å². The Bertz CT molecular complexity index is 585. The van der Waals surface area contributed by atoms with Crippen LogP contribution in [0.4, 0.5) is 0 Å². The second kappa shape index (κ2) is 5.05. The Morgan fingerprint density at radius 3 is 2.44 bits per heavy atom. The second-order valence-corrected chi connectivity index (χ2v) is 4.35. The van der Waals surface area contributed by atoms with Gasteiger partial charge >= 0.3 is 0 Å². The zero-order valence-electron chi connectivity index (χ0n) is 10.9. The molecule has 18 heavy (non-hydrogen) atoms. The summed E-state index contributed by atoms with van der Waals surface area (Å²) in [6, 6.07) is 13.2. The highest BCUT2D eigenvalue weighted by molar-refractivity contribution is 6.11. The standard InChI is InChI=1S/C16H16O2/c1-11-6-4-8-13(10-11)15(17)14-9-5-7-12(2)16(14)18-3/h4-10H,1-3H3. The van der Waals surface area contributed by atoms with Crippen molar-refractivity contribution in [2.75, 3.05) is 7.11 Å². The van der Waals surface area contributed by atoms with E-state index in [9.17, 15) is 4.79 Å². The van der Waals surface area contributed by atoms with Gasteiger partial charge in [0.05, 0.1) is 12.7 Å². The predicted octanol–water partition coefficient (Wildman–Crippen LogP) is 3.54. The van der Waals surface area contributed by atoms with Crippen LogP contribution in [0.25, 0.3) is 0 Å². The van der Waals surface area contributed by atoms with E-state index >= 15 is 0 Å². The number of benzene rings is 2. The molecule has 0 spiro atoms. The van der Waals surface area contributed by atoms with Crippen LogP contribution in [0.1, 0.15) is 27.0 Å². The number of methoxy groups -OCH3 is 1. The Morgan fingerprint density at radius 2 is 1.78 bits per heavy atom.